The van der Waals surface area contributed by atoms with Gasteiger partial charge in [-0.15, -0.1) is 0 Å². The van der Waals surface area contributed by atoms with E-state index < -0.39 is 5.97 Å². The molecule has 2 rings (SSSR count). The van der Waals surface area contributed by atoms with Crippen molar-refractivity contribution in [2.24, 2.45) is 0 Å². The molecule has 0 unspecified atom stereocenters. The topological polar surface area (TPSA) is 72.3 Å². The fourth-order valence-corrected chi connectivity index (χ4v) is 1.66. The first-order chi connectivity index (χ1) is 9.60. The summed E-state index contributed by atoms with van der Waals surface area (Å²) in [6.07, 6.45) is 4.91. The third-order valence-corrected chi connectivity index (χ3v) is 2.77. The minimum absolute atomic E-state index is 0.117. The Balaban J connectivity index is 2.18. The lowest BCUT2D eigenvalue weighted by molar-refractivity contribution is 0.0695. The Kier molecular flexibility index (Phi) is 4.10. The molecule has 1 aromatic carbocycles. The SMILES string of the molecule is COc1ccc(/C=C/c2ncc(C(=O)O)c(C)n2)cc1. The summed E-state index contributed by atoms with van der Waals surface area (Å²) in [5, 5.41) is 8.90. The highest BCUT2D eigenvalue weighted by Gasteiger charge is 2.08. The number of carboxylic acid groups (broad SMARTS) is 1. The van der Waals surface area contributed by atoms with Crippen molar-refractivity contribution in [1.29, 1.82) is 0 Å². The molecule has 5 heteroatoms. The van der Waals surface area contributed by atoms with Crippen LogP contribution in [0.25, 0.3) is 12.2 Å². The summed E-state index contributed by atoms with van der Waals surface area (Å²) in [7, 11) is 1.62. The second kappa shape index (κ2) is 5.97. The van der Waals surface area contributed by atoms with E-state index in [1.54, 1.807) is 20.1 Å². The van der Waals surface area contributed by atoms with E-state index in [0.29, 0.717) is 11.5 Å². The average Bonchev–Trinajstić information content (AvgIpc) is 2.45. The highest BCUT2D eigenvalue weighted by Crippen LogP contribution is 2.13. The van der Waals surface area contributed by atoms with Gasteiger partial charge in [0.1, 0.15) is 5.75 Å². The van der Waals surface area contributed by atoms with Gasteiger partial charge in [-0.3, -0.25) is 0 Å². The molecule has 1 heterocycles. The van der Waals surface area contributed by atoms with Crippen molar-refractivity contribution in [2.45, 2.75) is 6.92 Å². The van der Waals surface area contributed by atoms with Crippen molar-refractivity contribution in [2.75, 3.05) is 7.11 Å². The number of hydrogen-bond donors (Lipinski definition) is 1. The van der Waals surface area contributed by atoms with Crippen LogP contribution in [0.15, 0.2) is 30.5 Å². The van der Waals surface area contributed by atoms with E-state index in [-0.39, 0.29) is 5.56 Å². The molecule has 102 valence electrons. The van der Waals surface area contributed by atoms with Crippen molar-refractivity contribution in [3.05, 3.63) is 53.1 Å². The summed E-state index contributed by atoms with van der Waals surface area (Å²) in [6, 6.07) is 7.54. The number of aryl methyl sites for hydroxylation is 1. The summed E-state index contributed by atoms with van der Waals surface area (Å²) in [5.41, 5.74) is 1.54. The summed E-state index contributed by atoms with van der Waals surface area (Å²) in [4.78, 5) is 19.0. The molecule has 0 aliphatic carbocycles. The van der Waals surface area contributed by atoms with Gasteiger partial charge < -0.3 is 9.84 Å². The van der Waals surface area contributed by atoms with Crippen LogP contribution in [0.3, 0.4) is 0 Å². The van der Waals surface area contributed by atoms with Gasteiger partial charge in [0, 0.05) is 6.20 Å². The van der Waals surface area contributed by atoms with Gasteiger partial charge in [0.15, 0.2) is 5.82 Å². The molecule has 20 heavy (non-hydrogen) atoms. The molecule has 0 atom stereocenters. The van der Waals surface area contributed by atoms with Crippen LogP contribution in [0.1, 0.15) is 27.4 Å². The lowest BCUT2D eigenvalue weighted by Gasteiger charge is -2.01. The number of carbonyl (C=O) groups is 1. The summed E-state index contributed by atoms with van der Waals surface area (Å²) >= 11 is 0. The molecule has 0 fully saturated rings. The quantitative estimate of drug-likeness (QED) is 0.924. The Morgan fingerprint density at radius 1 is 1.25 bits per heavy atom. The van der Waals surface area contributed by atoms with E-state index in [1.165, 1.54) is 6.20 Å². The fourth-order valence-electron chi connectivity index (χ4n) is 1.66. The number of carboxylic acids is 1. The van der Waals surface area contributed by atoms with Crippen molar-refractivity contribution in [3.8, 4) is 5.75 Å². The third-order valence-electron chi connectivity index (χ3n) is 2.77. The zero-order valence-electron chi connectivity index (χ0n) is 11.2. The predicted molar refractivity (Wildman–Crippen MR) is 75.7 cm³/mol. The van der Waals surface area contributed by atoms with Gasteiger partial charge in [-0.2, -0.15) is 0 Å². The second-order valence-electron chi connectivity index (χ2n) is 4.14. The first kappa shape index (κ1) is 13.7. The van der Waals surface area contributed by atoms with E-state index in [2.05, 4.69) is 9.97 Å². The van der Waals surface area contributed by atoms with E-state index in [9.17, 15) is 4.79 Å². The van der Waals surface area contributed by atoms with E-state index in [0.717, 1.165) is 11.3 Å². The Hall–Kier alpha value is -2.69. The van der Waals surface area contributed by atoms with Crippen molar-refractivity contribution in [1.82, 2.24) is 9.97 Å². The maximum absolute atomic E-state index is 10.9. The first-order valence-corrected chi connectivity index (χ1v) is 5.99. The van der Waals surface area contributed by atoms with Crippen LogP contribution in [0.5, 0.6) is 5.75 Å². The molecule has 0 saturated heterocycles. The van der Waals surface area contributed by atoms with Gasteiger partial charge in [-0.25, -0.2) is 14.8 Å². The van der Waals surface area contributed by atoms with Crippen LogP contribution in [-0.2, 0) is 0 Å². The highest BCUT2D eigenvalue weighted by atomic mass is 16.5. The Morgan fingerprint density at radius 3 is 2.50 bits per heavy atom. The molecule has 0 aliphatic heterocycles. The number of methoxy groups -OCH3 is 1. The van der Waals surface area contributed by atoms with Gasteiger partial charge in [-0.05, 0) is 30.7 Å². The van der Waals surface area contributed by atoms with Gasteiger partial charge in [0.05, 0.1) is 18.4 Å². The predicted octanol–water partition coefficient (Wildman–Crippen LogP) is 2.66. The Bertz CT molecular complexity index is 649. The Morgan fingerprint density at radius 2 is 1.95 bits per heavy atom. The number of hydrogen-bond acceptors (Lipinski definition) is 4. The molecule has 1 N–H and O–H groups in total. The maximum Gasteiger partial charge on any atom is 0.339 e. The molecule has 0 radical (unpaired) electrons. The molecule has 1 aromatic heterocycles. The number of nitrogens with zero attached hydrogens (tertiary/aromatic N) is 2. The van der Waals surface area contributed by atoms with Crippen molar-refractivity contribution >= 4 is 18.1 Å². The second-order valence-corrected chi connectivity index (χ2v) is 4.14. The number of rotatable bonds is 4. The maximum atomic E-state index is 10.9. The highest BCUT2D eigenvalue weighted by molar-refractivity contribution is 5.88. The van der Waals surface area contributed by atoms with E-state index in [1.807, 2.05) is 30.3 Å². The number of aromatic carboxylic acids is 1. The smallest absolute Gasteiger partial charge is 0.339 e. The average molecular weight is 270 g/mol. The summed E-state index contributed by atoms with van der Waals surface area (Å²) in [5.74, 6) is 0.247. The minimum Gasteiger partial charge on any atom is -0.497 e. The molecule has 0 aliphatic rings. The van der Waals surface area contributed by atoms with E-state index >= 15 is 0 Å². The van der Waals surface area contributed by atoms with Crippen molar-refractivity contribution in [3.63, 3.8) is 0 Å². The van der Waals surface area contributed by atoms with Crippen LogP contribution >= 0.6 is 0 Å². The molecule has 0 saturated carbocycles. The van der Waals surface area contributed by atoms with Gasteiger partial charge >= 0.3 is 5.97 Å². The first-order valence-electron chi connectivity index (χ1n) is 5.99. The molecule has 0 bridgehead atoms. The third kappa shape index (κ3) is 3.20. The molecular weight excluding hydrogens is 256 g/mol. The Labute approximate surface area is 116 Å². The van der Waals surface area contributed by atoms with Crippen LogP contribution in [0.2, 0.25) is 0 Å². The fraction of sp³-hybridized carbons (Fsp3) is 0.133. The van der Waals surface area contributed by atoms with Gasteiger partial charge in [-0.1, -0.05) is 18.2 Å². The van der Waals surface area contributed by atoms with Gasteiger partial charge in [0.25, 0.3) is 0 Å². The molecule has 2 aromatic rings. The lowest BCUT2D eigenvalue weighted by Crippen LogP contribution is -2.04. The van der Waals surface area contributed by atoms with Crippen LogP contribution < -0.4 is 4.74 Å². The standard InChI is InChI=1S/C15H14N2O3/c1-10-13(15(18)19)9-16-14(17-10)8-5-11-3-6-12(20-2)7-4-11/h3-9H,1-2H3,(H,18,19)/b8-5+. The molecule has 5 nitrogen and oxygen atoms in total. The minimum atomic E-state index is -1.02. The van der Waals surface area contributed by atoms with Crippen LogP contribution in [0, 0.1) is 6.92 Å². The summed E-state index contributed by atoms with van der Waals surface area (Å²) in [6.45, 7) is 1.65. The normalized spacial score (nSPS) is 10.7. The van der Waals surface area contributed by atoms with Gasteiger partial charge in [0.2, 0.25) is 0 Å². The summed E-state index contributed by atoms with van der Waals surface area (Å²) < 4.78 is 5.08. The molecule has 0 amide bonds. The lowest BCUT2D eigenvalue weighted by atomic mass is 10.2. The van der Waals surface area contributed by atoms with Crippen LogP contribution in [-0.4, -0.2) is 28.2 Å². The largest absolute Gasteiger partial charge is 0.497 e. The zero-order valence-corrected chi connectivity index (χ0v) is 11.2. The van der Waals surface area contributed by atoms with E-state index in [4.69, 9.17) is 9.84 Å². The number of benzene rings is 1. The number of ether oxygens (including phenoxy) is 1. The molecular formula is C15H14N2O3. The monoisotopic (exact) mass is 270 g/mol. The molecule has 0 spiro atoms. The van der Waals surface area contributed by atoms with Crippen molar-refractivity contribution < 1.29 is 14.6 Å². The van der Waals surface area contributed by atoms with Crippen LogP contribution in [0.4, 0.5) is 0 Å². The number of aromatic nitrogens is 2. The zero-order chi connectivity index (χ0) is 14.5.